The Morgan fingerprint density at radius 1 is 0.519 bits per heavy atom. The van der Waals surface area contributed by atoms with Gasteiger partial charge in [-0.3, -0.25) is 0 Å². The lowest BCUT2D eigenvalue weighted by Crippen LogP contribution is -2.72. The molecule has 5 saturated heterocycles. The van der Waals surface area contributed by atoms with Gasteiger partial charge in [0.15, 0.2) is 25.2 Å². The van der Waals surface area contributed by atoms with Crippen LogP contribution < -0.4 is 0 Å². The van der Waals surface area contributed by atoms with E-state index in [2.05, 4.69) is 46.8 Å². The maximum atomic E-state index is 12.3. The van der Waals surface area contributed by atoms with Crippen molar-refractivity contribution in [1.29, 1.82) is 0 Å². The molecule has 0 amide bonds. The van der Waals surface area contributed by atoms with Crippen LogP contribution in [0.4, 0.5) is 0 Å². The molecule has 0 aromatic heterocycles. The Balaban J connectivity index is 0.861. The molecule has 0 aromatic carbocycles. The smallest absolute Gasteiger partial charge is 0.187 e. The van der Waals surface area contributed by atoms with Crippen molar-refractivity contribution < 1.29 is 114 Å². The van der Waals surface area contributed by atoms with Crippen LogP contribution in [0.5, 0.6) is 0 Å². The lowest BCUT2D eigenvalue weighted by molar-refractivity contribution is -0.397. The molecular formula is C54H88O23. The van der Waals surface area contributed by atoms with Gasteiger partial charge in [0.1, 0.15) is 91.6 Å². The van der Waals surface area contributed by atoms with Crippen LogP contribution in [0.1, 0.15) is 99.8 Å². The highest BCUT2D eigenvalue weighted by atomic mass is 16.8. The van der Waals surface area contributed by atoms with E-state index in [-0.39, 0.29) is 51.4 Å². The van der Waals surface area contributed by atoms with Crippen LogP contribution in [0.2, 0.25) is 0 Å². The van der Waals surface area contributed by atoms with Crippen molar-refractivity contribution in [2.24, 2.45) is 50.2 Å². The van der Waals surface area contributed by atoms with E-state index >= 15 is 0 Å². The van der Waals surface area contributed by atoms with Crippen molar-refractivity contribution in [2.45, 2.75) is 240 Å². The highest BCUT2D eigenvalue weighted by Crippen LogP contribution is 2.79. The maximum absolute atomic E-state index is 12.3. The number of fused-ring (bicyclic) bond motifs is 4. The fraction of sp³-hybridized carbons (Fsp3) is 0.963. The Bertz CT molecular complexity index is 2120. The Morgan fingerprint density at radius 2 is 1.08 bits per heavy atom. The molecule has 23 nitrogen and oxygen atoms in total. The third-order valence-corrected chi connectivity index (χ3v) is 22.2. The molecule has 10 rings (SSSR count). The normalized spacial score (nSPS) is 58.1. The van der Waals surface area contributed by atoms with Gasteiger partial charge in [0.05, 0.1) is 56.9 Å². The summed E-state index contributed by atoms with van der Waals surface area (Å²) in [5.74, 6) is 0.180. The summed E-state index contributed by atoms with van der Waals surface area (Å²) in [6.07, 6.45) is -25.1. The summed E-state index contributed by atoms with van der Waals surface area (Å²) in [7, 11) is 0. The summed E-state index contributed by atoms with van der Waals surface area (Å²) in [6, 6.07) is 0. The molecule has 31 atom stereocenters. The van der Waals surface area contributed by atoms with Gasteiger partial charge in [0, 0.05) is 22.2 Å². The quantitative estimate of drug-likeness (QED) is 0.0705. The highest BCUT2D eigenvalue weighted by molar-refractivity contribution is 5.36. The first kappa shape index (κ1) is 59.0. The molecule has 0 aromatic rings. The number of hydrogen-bond donors (Lipinski definition) is 14. The van der Waals surface area contributed by atoms with Gasteiger partial charge >= 0.3 is 0 Å². The summed E-state index contributed by atoms with van der Waals surface area (Å²) >= 11 is 0. The summed E-state index contributed by atoms with van der Waals surface area (Å²) in [5, 5.41) is 155. The lowest BCUT2D eigenvalue weighted by atomic mass is 9.32. The minimum Gasteiger partial charge on any atom is -0.396 e. The van der Waals surface area contributed by atoms with Crippen LogP contribution in [-0.4, -0.2) is 245 Å². The fourth-order valence-corrected chi connectivity index (χ4v) is 17.2. The number of ether oxygens (including phenoxy) is 9. The molecule has 14 N–H and O–H groups in total. The maximum Gasteiger partial charge on any atom is 0.187 e. The SMILES string of the molecule is C[C@H]1O[C@@H](O[C@H]2CC[C@@]3(C)[C@@H](CC[C@]4(C)[C@@H]3C=C[C@]35OC[C@@]6(CCC(C)(C)C[C@H]63)[C@@H](O)C[C@]54C)[C@]2(C)CO)[C@H](O)[C@@H](O[C@@H]2O[C@H](CO)[C@@H](O)[C@H](O[C@@H]3O[C@H](CO)[C@@H](O)[C@H](O)[C@H]3O[C@@H]3O[C@H](CO)[C@@H](O)[C@H](O)[C@H]3O)[C@H]2O)[C@H]1O. The van der Waals surface area contributed by atoms with Crippen molar-refractivity contribution in [1.82, 2.24) is 0 Å². The van der Waals surface area contributed by atoms with Gasteiger partial charge in [-0.25, -0.2) is 0 Å². The molecule has 77 heavy (non-hydrogen) atoms. The largest absolute Gasteiger partial charge is 0.396 e. The second kappa shape index (κ2) is 20.9. The van der Waals surface area contributed by atoms with Gasteiger partial charge in [-0.1, -0.05) is 53.7 Å². The van der Waals surface area contributed by atoms with Crippen LogP contribution in [0.25, 0.3) is 0 Å². The van der Waals surface area contributed by atoms with Crippen molar-refractivity contribution >= 4 is 0 Å². The van der Waals surface area contributed by atoms with Crippen LogP contribution in [0, 0.1) is 50.2 Å². The summed E-state index contributed by atoms with van der Waals surface area (Å²) in [6.45, 7) is 13.0. The van der Waals surface area contributed by atoms with Gasteiger partial charge < -0.3 is 114 Å². The second-order valence-electron chi connectivity index (χ2n) is 26.6. The van der Waals surface area contributed by atoms with E-state index < -0.39 is 166 Å². The number of aliphatic hydroxyl groups excluding tert-OH is 14. The van der Waals surface area contributed by atoms with E-state index in [4.69, 9.17) is 42.6 Å². The van der Waals surface area contributed by atoms with E-state index in [1.807, 2.05) is 6.92 Å². The zero-order chi connectivity index (χ0) is 55.9. The standard InChI is InChI=1S/C54H88O23/c1-23-32(60)41(75-46-40(68)42(35(63)26(20-57)72-46)76-47-43(37(65)34(62)25(19-56)73-47)77-44-38(66)36(64)33(61)24(18-55)71-44)39(67)45(70-23)74-31-10-11-49(4)27(50(31,5)21-58)8-12-51(6)28(49)9-13-54-29-16-48(2,3)14-15-53(29,22-69-54)30(59)17-52(51,54)7/h9,13,23-47,55-68H,8,10-12,14-22H2,1-7H3/t23-,24-,25-,26-,27-,28-,29-,30+,31+,32+,33-,34-,35-,36+,37+,38-,39-,40-,41+,42+,43-,44+,45+,46+,47+,49+,50+,51-,52+,53-,54+/m1/s1. The Kier molecular flexibility index (Phi) is 16.0. The molecule has 5 aliphatic carbocycles. The first-order valence-electron chi connectivity index (χ1n) is 28.0. The van der Waals surface area contributed by atoms with Gasteiger partial charge in [-0.05, 0) is 86.4 Å². The molecule has 5 aliphatic heterocycles. The average Bonchev–Trinajstić information content (AvgIpc) is 3.34. The monoisotopic (exact) mass is 1100 g/mol. The first-order chi connectivity index (χ1) is 36.2. The third kappa shape index (κ3) is 8.84. The molecule has 9 fully saturated rings. The average molecular weight is 1110 g/mol. The molecule has 2 bridgehead atoms. The van der Waals surface area contributed by atoms with Gasteiger partial charge in [-0.2, -0.15) is 0 Å². The Labute approximate surface area is 448 Å². The van der Waals surface area contributed by atoms with Crippen molar-refractivity contribution in [3.8, 4) is 0 Å². The predicted octanol–water partition coefficient (Wildman–Crippen LogP) is -2.57. The Hall–Kier alpha value is -1.18. The van der Waals surface area contributed by atoms with Crippen molar-refractivity contribution in [3.05, 3.63) is 12.2 Å². The summed E-state index contributed by atoms with van der Waals surface area (Å²) < 4.78 is 55.0. The first-order valence-corrected chi connectivity index (χ1v) is 28.0. The molecule has 0 radical (unpaired) electrons. The van der Waals surface area contributed by atoms with Crippen LogP contribution >= 0.6 is 0 Å². The molecule has 23 heteroatoms. The van der Waals surface area contributed by atoms with E-state index in [9.17, 15) is 71.5 Å². The zero-order valence-corrected chi connectivity index (χ0v) is 45.2. The predicted molar refractivity (Wildman–Crippen MR) is 262 cm³/mol. The molecule has 4 saturated carbocycles. The van der Waals surface area contributed by atoms with Gasteiger partial charge in [0.25, 0.3) is 0 Å². The number of hydrogen-bond acceptors (Lipinski definition) is 23. The number of aliphatic hydroxyl groups is 14. The highest BCUT2D eigenvalue weighted by Gasteiger charge is 2.79. The van der Waals surface area contributed by atoms with Crippen LogP contribution in [0.15, 0.2) is 12.2 Å². The van der Waals surface area contributed by atoms with E-state index in [0.717, 1.165) is 32.1 Å². The number of allylic oxidation sites excluding steroid dienone is 1. The minimum atomic E-state index is -2.05. The topological polar surface area (TPSA) is 366 Å². The minimum absolute atomic E-state index is 0.0652. The second-order valence-corrected chi connectivity index (χ2v) is 26.6. The van der Waals surface area contributed by atoms with Gasteiger partial charge in [0.2, 0.25) is 0 Å². The van der Waals surface area contributed by atoms with E-state index in [1.54, 1.807) is 0 Å². The molecule has 5 heterocycles. The van der Waals surface area contributed by atoms with Gasteiger partial charge in [-0.15, -0.1) is 0 Å². The van der Waals surface area contributed by atoms with Crippen LogP contribution in [-0.2, 0) is 42.6 Å². The van der Waals surface area contributed by atoms with Crippen molar-refractivity contribution in [2.75, 3.05) is 33.0 Å². The van der Waals surface area contributed by atoms with Crippen molar-refractivity contribution in [3.63, 3.8) is 0 Å². The molecule has 0 unspecified atom stereocenters. The molecular weight excluding hydrogens is 1020 g/mol. The third-order valence-electron chi connectivity index (χ3n) is 22.2. The van der Waals surface area contributed by atoms with E-state index in [1.165, 1.54) is 6.92 Å². The number of rotatable bonds is 12. The lowest BCUT2D eigenvalue weighted by Gasteiger charge is -2.73. The molecule has 442 valence electrons. The summed E-state index contributed by atoms with van der Waals surface area (Å²) in [4.78, 5) is 0. The molecule has 1 spiro atoms. The van der Waals surface area contributed by atoms with Crippen LogP contribution in [0.3, 0.4) is 0 Å². The Morgan fingerprint density at radius 3 is 1.71 bits per heavy atom. The fourth-order valence-electron chi connectivity index (χ4n) is 17.2. The zero-order valence-electron chi connectivity index (χ0n) is 45.2. The molecule has 10 aliphatic rings. The summed E-state index contributed by atoms with van der Waals surface area (Å²) in [5.41, 5.74) is -2.50. The van der Waals surface area contributed by atoms with E-state index in [0.29, 0.717) is 25.9 Å².